The number of amides is 1. The molecular formula is C11H14F2N2O3S. The number of sulfone groups is 1. The van der Waals surface area contributed by atoms with E-state index in [1.807, 2.05) is 0 Å². The first-order valence-corrected chi connectivity index (χ1v) is 7.32. The summed E-state index contributed by atoms with van der Waals surface area (Å²) in [5.41, 5.74) is 4.16. The van der Waals surface area contributed by atoms with Crippen LogP contribution in [0.5, 0.6) is 0 Å². The van der Waals surface area contributed by atoms with E-state index in [1.165, 1.54) is 6.92 Å². The van der Waals surface area contributed by atoms with Crippen LogP contribution in [0.4, 0.5) is 14.5 Å². The van der Waals surface area contributed by atoms with E-state index in [0.29, 0.717) is 6.07 Å². The highest BCUT2D eigenvalue weighted by Gasteiger charge is 2.16. The van der Waals surface area contributed by atoms with Crippen LogP contribution in [0.3, 0.4) is 0 Å². The fraction of sp³-hybridized carbons (Fsp3) is 0.364. The number of nitrogens with one attached hydrogen (secondary N) is 1. The van der Waals surface area contributed by atoms with Crippen molar-refractivity contribution in [1.82, 2.24) is 5.32 Å². The molecule has 0 aromatic heterocycles. The Hall–Kier alpha value is -1.70. The Morgan fingerprint density at radius 3 is 2.58 bits per heavy atom. The molecule has 0 aliphatic rings. The molecule has 1 aromatic rings. The van der Waals surface area contributed by atoms with Crippen molar-refractivity contribution in [3.05, 3.63) is 29.3 Å². The molecule has 106 valence electrons. The second-order valence-corrected chi connectivity index (χ2v) is 6.32. The molecule has 0 saturated carbocycles. The van der Waals surface area contributed by atoms with Gasteiger partial charge >= 0.3 is 0 Å². The zero-order valence-corrected chi connectivity index (χ0v) is 11.1. The first-order valence-electron chi connectivity index (χ1n) is 5.50. The molecule has 0 heterocycles. The Bertz CT molecular complexity index is 588. The molecule has 0 bridgehead atoms. The second-order valence-electron chi connectivity index (χ2n) is 3.85. The number of benzene rings is 1. The predicted octanol–water partition coefficient (Wildman–Crippen LogP) is 0.712. The Morgan fingerprint density at radius 1 is 1.37 bits per heavy atom. The van der Waals surface area contributed by atoms with Crippen LogP contribution in [-0.2, 0) is 9.84 Å². The summed E-state index contributed by atoms with van der Waals surface area (Å²) in [5, 5.41) is 2.20. The monoisotopic (exact) mass is 292 g/mol. The number of anilines is 1. The minimum absolute atomic E-state index is 0.0514. The fourth-order valence-corrected chi connectivity index (χ4v) is 2.04. The van der Waals surface area contributed by atoms with Crippen LogP contribution in [0.25, 0.3) is 0 Å². The molecule has 0 spiro atoms. The maximum Gasteiger partial charge on any atom is 0.254 e. The number of nitrogens with two attached hydrogens (primary N) is 1. The van der Waals surface area contributed by atoms with Crippen molar-refractivity contribution in [3.63, 3.8) is 0 Å². The number of rotatable bonds is 5. The van der Waals surface area contributed by atoms with Crippen LogP contribution in [0.1, 0.15) is 17.3 Å². The average Bonchev–Trinajstić information content (AvgIpc) is 2.33. The summed E-state index contributed by atoms with van der Waals surface area (Å²) in [6.45, 7) is 1.30. The number of halogens is 2. The van der Waals surface area contributed by atoms with Crippen molar-refractivity contribution in [2.75, 3.05) is 23.8 Å². The van der Waals surface area contributed by atoms with Gasteiger partial charge in [0, 0.05) is 12.3 Å². The standard InChI is InChI=1S/C11H14F2N2O3S/c1-2-19(17,18)4-3-15-11(16)8-5-7(12)6-9(14)10(8)13/h5-6H,2-4,14H2,1H3,(H,15,16). The quantitative estimate of drug-likeness (QED) is 0.782. The van der Waals surface area contributed by atoms with Crippen molar-refractivity contribution in [3.8, 4) is 0 Å². The molecule has 8 heteroatoms. The van der Waals surface area contributed by atoms with Gasteiger partial charge in [-0.1, -0.05) is 6.92 Å². The Balaban J connectivity index is 2.75. The summed E-state index contributed by atoms with van der Waals surface area (Å²) < 4.78 is 48.9. The zero-order valence-electron chi connectivity index (χ0n) is 10.2. The van der Waals surface area contributed by atoms with Gasteiger partial charge in [0.05, 0.1) is 17.0 Å². The van der Waals surface area contributed by atoms with Gasteiger partial charge in [-0.25, -0.2) is 17.2 Å². The molecule has 0 aliphatic carbocycles. The van der Waals surface area contributed by atoms with Gasteiger partial charge in [0.1, 0.15) is 5.82 Å². The molecule has 0 radical (unpaired) electrons. The van der Waals surface area contributed by atoms with Gasteiger partial charge in [0.15, 0.2) is 15.7 Å². The van der Waals surface area contributed by atoms with Gasteiger partial charge in [-0.05, 0) is 12.1 Å². The Kier molecular flexibility index (Phi) is 4.82. The topological polar surface area (TPSA) is 89.3 Å². The third kappa shape index (κ3) is 4.16. The van der Waals surface area contributed by atoms with Crippen molar-refractivity contribution in [1.29, 1.82) is 0 Å². The van der Waals surface area contributed by atoms with Crippen LogP contribution in [0.2, 0.25) is 0 Å². The zero-order chi connectivity index (χ0) is 14.6. The van der Waals surface area contributed by atoms with Crippen LogP contribution in [0.15, 0.2) is 12.1 Å². The molecule has 1 rings (SSSR count). The number of carbonyl (C=O) groups excluding carboxylic acids is 1. The highest BCUT2D eigenvalue weighted by molar-refractivity contribution is 7.91. The van der Waals surface area contributed by atoms with Crippen molar-refractivity contribution < 1.29 is 22.0 Å². The lowest BCUT2D eigenvalue weighted by Crippen LogP contribution is -2.30. The van der Waals surface area contributed by atoms with Gasteiger partial charge in [-0.2, -0.15) is 0 Å². The third-order valence-corrected chi connectivity index (χ3v) is 4.15. The van der Waals surface area contributed by atoms with E-state index >= 15 is 0 Å². The number of carbonyl (C=O) groups is 1. The van der Waals surface area contributed by atoms with E-state index in [0.717, 1.165) is 6.07 Å². The van der Waals surface area contributed by atoms with E-state index in [2.05, 4.69) is 5.32 Å². The van der Waals surface area contributed by atoms with Crippen molar-refractivity contribution >= 4 is 21.4 Å². The lowest BCUT2D eigenvalue weighted by molar-refractivity contribution is 0.0951. The molecule has 3 N–H and O–H groups in total. The molecular weight excluding hydrogens is 278 g/mol. The molecule has 5 nitrogen and oxygen atoms in total. The molecule has 0 aliphatic heterocycles. The summed E-state index contributed by atoms with van der Waals surface area (Å²) in [5.74, 6) is -3.09. The van der Waals surface area contributed by atoms with Crippen LogP contribution < -0.4 is 11.1 Å². The van der Waals surface area contributed by atoms with E-state index in [4.69, 9.17) is 5.73 Å². The third-order valence-electron chi connectivity index (χ3n) is 2.45. The number of hydrogen-bond donors (Lipinski definition) is 2. The largest absolute Gasteiger partial charge is 0.396 e. The van der Waals surface area contributed by atoms with Crippen LogP contribution >= 0.6 is 0 Å². The maximum absolute atomic E-state index is 13.5. The van der Waals surface area contributed by atoms with Gasteiger partial charge in [-0.15, -0.1) is 0 Å². The molecule has 1 amide bonds. The molecule has 19 heavy (non-hydrogen) atoms. The highest BCUT2D eigenvalue weighted by Crippen LogP contribution is 2.17. The van der Waals surface area contributed by atoms with Crippen LogP contribution in [0, 0.1) is 11.6 Å². The molecule has 0 saturated heterocycles. The highest BCUT2D eigenvalue weighted by atomic mass is 32.2. The summed E-state index contributed by atoms with van der Waals surface area (Å²) >= 11 is 0. The summed E-state index contributed by atoms with van der Waals surface area (Å²) in [7, 11) is -3.23. The molecule has 0 atom stereocenters. The average molecular weight is 292 g/mol. The Morgan fingerprint density at radius 2 is 2.00 bits per heavy atom. The first-order chi connectivity index (χ1) is 8.76. The lowest BCUT2D eigenvalue weighted by Gasteiger charge is -2.07. The molecule has 0 fully saturated rings. The van der Waals surface area contributed by atoms with Crippen molar-refractivity contribution in [2.45, 2.75) is 6.92 Å². The Labute approximate surface area is 109 Å². The minimum Gasteiger partial charge on any atom is -0.396 e. The first kappa shape index (κ1) is 15.4. The number of nitrogen functional groups attached to an aromatic ring is 1. The van der Waals surface area contributed by atoms with E-state index in [1.54, 1.807) is 0 Å². The molecule has 1 aromatic carbocycles. The second kappa shape index (κ2) is 5.96. The fourth-order valence-electron chi connectivity index (χ4n) is 1.34. The van der Waals surface area contributed by atoms with E-state index in [-0.39, 0.29) is 18.1 Å². The predicted molar refractivity (Wildman–Crippen MR) is 67.4 cm³/mol. The smallest absolute Gasteiger partial charge is 0.254 e. The van der Waals surface area contributed by atoms with Gasteiger partial charge in [-0.3, -0.25) is 4.79 Å². The van der Waals surface area contributed by atoms with Gasteiger partial charge in [0.2, 0.25) is 0 Å². The van der Waals surface area contributed by atoms with E-state index in [9.17, 15) is 22.0 Å². The number of hydrogen-bond acceptors (Lipinski definition) is 4. The SMILES string of the molecule is CCS(=O)(=O)CCNC(=O)c1cc(F)cc(N)c1F. The van der Waals surface area contributed by atoms with Crippen molar-refractivity contribution in [2.24, 2.45) is 0 Å². The summed E-state index contributed by atoms with van der Waals surface area (Å²) in [6.07, 6.45) is 0. The lowest BCUT2D eigenvalue weighted by atomic mass is 10.1. The molecule has 0 unspecified atom stereocenters. The maximum atomic E-state index is 13.5. The minimum atomic E-state index is -3.23. The normalized spacial score (nSPS) is 11.3. The van der Waals surface area contributed by atoms with Gasteiger partial charge < -0.3 is 11.1 Å². The van der Waals surface area contributed by atoms with Crippen LogP contribution in [-0.4, -0.2) is 32.4 Å². The summed E-state index contributed by atoms with van der Waals surface area (Å²) in [6, 6.07) is 1.46. The van der Waals surface area contributed by atoms with Gasteiger partial charge in [0.25, 0.3) is 5.91 Å². The summed E-state index contributed by atoms with van der Waals surface area (Å²) in [4.78, 5) is 11.6. The van der Waals surface area contributed by atoms with E-state index < -0.39 is 38.6 Å².